The molecule has 0 saturated heterocycles. The van der Waals surface area contributed by atoms with Gasteiger partial charge in [-0.1, -0.05) is 0 Å². The summed E-state index contributed by atoms with van der Waals surface area (Å²) < 4.78 is 19.0. The fraction of sp³-hybridized carbons (Fsp3) is 1.00. The van der Waals surface area contributed by atoms with E-state index in [1.54, 1.807) is 6.92 Å². The van der Waals surface area contributed by atoms with E-state index in [4.69, 9.17) is 4.74 Å². The van der Waals surface area contributed by atoms with Crippen LogP contribution in [0.5, 0.6) is 0 Å². The fourth-order valence-corrected chi connectivity index (χ4v) is 0.508. The number of ether oxygens (including phenoxy) is 1. The van der Waals surface area contributed by atoms with Crippen LogP contribution in [-0.4, -0.2) is 12.9 Å². The quantitative estimate of drug-likeness (QED) is 0.435. The van der Waals surface area contributed by atoms with E-state index in [0.717, 1.165) is 0 Å². The van der Waals surface area contributed by atoms with Gasteiger partial charge in [-0.05, 0) is 13.8 Å². The molecule has 0 N–H and O–H groups in total. The summed E-state index contributed by atoms with van der Waals surface area (Å²) in [5.74, 6) is 0. The van der Waals surface area contributed by atoms with Crippen LogP contribution in [0.1, 0.15) is 13.8 Å². The molecule has 0 heterocycles. The minimum atomic E-state index is -0.362. The Kier molecular flexibility index (Phi) is 5.18. The van der Waals surface area contributed by atoms with E-state index in [1.165, 1.54) is 0 Å². The van der Waals surface area contributed by atoms with Crippen LogP contribution in [0.4, 0.5) is 0 Å². The Hall–Kier alpha value is 0.0200. The zero-order valence-electron chi connectivity index (χ0n) is 4.96. The van der Waals surface area contributed by atoms with Gasteiger partial charge in [-0.25, -0.2) is 4.57 Å². The molecule has 0 rings (SSSR count). The van der Waals surface area contributed by atoms with Gasteiger partial charge >= 0.3 is 8.69 Å². The summed E-state index contributed by atoms with van der Waals surface area (Å²) in [4.78, 5) is 0. The fourth-order valence-electron chi connectivity index (χ4n) is 0.326. The van der Waals surface area contributed by atoms with Gasteiger partial charge in [-0.3, -0.25) is 4.52 Å². The van der Waals surface area contributed by atoms with Gasteiger partial charge in [-0.15, -0.1) is 0 Å². The first-order chi connectivity index (χ1) is 3.81. The van der Waals surface area contributed by atoms with E-state index < -0.39 is 0 Å². The third-order valence-corrected chi connectivity index (χ3v) is 0.976. The van der Waals surface area contributed by atoms with E-state index in [2.05, 4.69) is 4.52 Å². The van der Waals surface area contributed by atoms with E-state index in [1.807, 2.05) is 6.92 Å². The Balaban J connectivity index is 3.03. The first-order valence-electron chi connectivity index (χ1n) is 2.41. The Morgan fingerprint density at radius 2 is 2.38 bits per heavy atom. The first kappa shape index (κ1) is 8.02. The highest BCUT2D eigenvalue weighted by atomic mass is 31.1. The Labute approximate surface area is 50.3 Å². The molecule has 4 heteroatoms. The maximum atomic E-state index is 9.69. The summed E-state index contributed by atoms with van der Waals surface area (Å²) in [7, 11) is -0.326. The summed E-state index contributed by atoms with van der Waals surface area (Å²) in [6.45, 7) is 4.12. The summed E-state index contributed by atoms with van der Waals surface area (Å²) in [6.07, 6.45) is -0.362. The molecule has 3 nitrogen and oxygen atoms in total. The van der Waals surface area contributed by atoms with Crippen LogP contribution in [0.3, 0.4) is 0 Å². The summed E-state index contributed by atoms with van der Waals surface area (Å²) in [5, 5.41) is 0. The maximum Gasteiger partial charge on any atom is 0.329 e. The van der Waals surface area contributed by atoms with Crippen molar-refractivity contribution in [3.05, 3.63) is 0 Å². The molecule has 0 aromatic rings. The van der Waals surface area contributed by atoms with E-state index in [-0.39, 0.29) is 15.0 Å². The molecule has 0 aromatic heterocycles. The van der Waals surface area contributed by atoms with Crippen molar-refractivity contribution in [1.29, 1.82) is 0 Å². The molecule has 0 aliphatic heterocycles. The average molecular weight is 136 g/mol. The van der Waals surface area contributed by atoms with Crippen molar-refractivity contribution in [2.24, 2.45) is 0 Å². The zero-order chi connectivity index (χ0) is 6.41. The van der Waals surface area contributed by atoms with Gasteiger partial charge in [0.15, 0.2) is 6.29 Å². The van der Waals surface area contributed by atoms with Gasteiger partial charge < -0.3 is 4.74 Å². The van der Waals surface area contributed by atoms with E-state index >= 15 is 0 Å². The monoisotopic (exact) mass is 136 g/mol. The van der Waals surface area contributed by atoms with Crippen LogP contribution in [0, 0.1) is 0 Å². The lowest BCUT2D eigenvalue weighted by atomic mass is 10.7. The topological polar surface area (TPSA) is 35.5 Å². The third-order valence-electron chi connectivity index (χ3n) is 0.593. The van der Waals surface area contributed by atoms with E-state index in [0.29, 0.717) is 6.61 Å². The molecule has 8 heavy (non-hydrogen) atoms. The second-order valence-electron chi connectivity index (χ2n) is 1.20. The van der Waals surface area contributed by atoms with Crippen molar-refractivity contribution < 1.29 is 13.8 Å². The van der Waals surface area contributed by atoms with Gasteiger partial charge in [-0.2, -0.15) is 0 Å². The van der Waals surface area contributed by atoms with Crippen LogP contribution in [0.25, 0.3) is 0 Å². The van der Waals surface area contributed by atoms with Gasteiger partial charge in [0.25, 0.3) is 0 Å². The average Bonchev–Trinajstić information content (AvgIpc) is 1.68. The molecule has 0 fully saturated rings. The Morgan fingerprint density at radius 1 is 1.75 bits per heavy atom. The minimum absolute atomic E-state index is 0.326. The molecule has 1 unspecified atom stereocenters. The van der Waals surface area contributed by atoms with Crippen LogP contribution in [0.15, 0.2) is 0 Å². The number of hydrogen-bond donors (Lipinski definition) is 0. The first-order valence-corrected chi connectivity index (χ1v) is 3.14. The number of hydrogen-bond acceptors (Lipinski definition) is 3. The molecule has 48 valence electrons. The van der Waals surface area contributed by atoms with Crippen molar-refractivity contribution in [1.82, 2.24) is 0 Å². The van der Waals surface area contributed by atoms with Crippen molar-refractivity contribution in [2.75, 3.05) is 6.61 Å². The number of rotatable bonds is 4. The second kappa shape index (κ2) is 5.16. The highest BCUT2D eigenvalue weighted by Crippen LogP contribution is 2.02. The standard InChI is InChI=1S/C4H9O3P/c1-3-6-4(2)7-8-5/h4H,3H2,1-2H3. The molecule has 0 aliphatic carbocycles. The van der Waals surface area contributed by atoms with Gasteiger partial charge in [0, 0.05) is 6.61 Å². The second-order valence-corrected chi connectivity index (χ2v) is 1.56. The molecule has 0 saturated carbocycles. The molecular formula is C4H9O3P. The SMILES string of the molecule is CCOC(C)OP=O. The van der Waals surface area contributed by atoms with Gasteiger partial charge in [0.05, 0.1) is 0 Å². The lowest BCUT2D eigenvalue weighted by Crippen LogP contribution is -2.06. The van der Waals surface area contributed by atoms with Crippen LogP contribution >= 0.6 is 8.69 Å². The maximum absolute atomic E-state index is 9.69. The summed E-state index contributed by atoms with van der Waals surface area (Å²) >= 11 is 0. The van der Waals surface area contributed by atoms with E-state index in [9.17, 15) is 4.57 Å². The predicted molar refractivity (Wildman–Crippen MR) is 29.8 cm³/mol. The lowest BCUT2D eigenvalue weighted by molar-refractivity contribution is -0.0540. The predicted octanol–water partition coefficient (Wildman–Crippen LogP) is 1.59. The van der Waals surface area contributed by atoms with Crippen molar-refractivity contribution in [3.8, 4) is 0 Å². The lowest BCUT2D eigenvalue weighted by Gasteiger charge is -2.04. The highest BCUT2D eigenvalue weighted by molar-refractivity contribution is 7.17. The Morgan fingerprint density at radius 3 is 2.75 bits per heavy atom. The molecule has 0 bridgehead atoms. The molecule has 1 atom stereocenters. The normalized spacial score (nSPS) is 14.2. The zero-order valence-corrected chi connectivity index (χ0v) is 5.85. The summed E-state index contributed by atoms with van der Waals surface area (Å²) in [5.41, 5.74) is 0. The molecule has 0 spiro atoms. The van der Waals surface area contributed by atoms with Gasteiger partial charge in [0.2, 0.25) is 0 Å². The highest BCUT2D eigenvalue weighted by Gasteiger charge is 1.96. The molecule has 0 aliphatic rings. The van der Waals surface area contributed by atoms with Crippen molar-refractivity contribution in [2.45, 2.75) is 20.1 Å². The van der Waals surface area contributed by atoms with Crippen molar-refractivity contribution in [3.63, 3.8) is 0 Å². The third kappa shape index (κ3) is 4.19. The minimum Gasteiger partial charge on any atom is -0.352 e. The largest absolute Gasteiger partial charge is 0.352 e. The smallest absolute Gasteiger partial charge is 0.329 e. The molecule has 0 amide bonds. The molecular weight excluding hydrogens is 127 g/mol. The molecule has 0 radical (unpaired) electrons. The van der Waals surface area contributed by atoms with Crippen LogP contribution in [0.2, 0.25) is 0 Å². The van der Waals surface area contributed by atoms with Crippen molar-refractivity contribution >= 4 is 8.69 Å². The van der Waals surface area contributed by atoms with Gasteiger partial charge in [0.1, 0.15) is 0 Å². The summed E-state index contributed by atoms with van der Waals surface area (Å²) in [6, 6.07) is 0. The molecule has 0 aromatic carbocycles. The van der Waals surface area contributed by atoms with Crippen LogP contribution in [-0.2, 0) is 13.8 Å². The Bertz CT molecular complexity index is 66.3. The van der Waals surface area contributed by atoms with Crippen LogP contribution < -0.4 is 0 Å².